The van der Waals surface area contributed by atoms with E-state index in [2.05, 4.69) is 20.7 Å². The van der Waals surface area contributed by atoms with E-state index in [1.54, 1.807) is 6.92 Å². The van der Waals surface area contributed by atoms with Gasteiger partial charge in [0.05, 0.1) is 0 Å². The predicted molar refractivity (Wildman–Crippen MR) is 40.9 cm³/mol. The van der Waals surface area contributed by atoms with Crippen LogP contribution in [0.25, 0.3) is 0 Å². The van der Waals surface area contributed by atoms with Gasteiger partial charge in [-0.2, -0.15) is 0 Å². The molecule has 0 amide bonds. The van der Waals surface area contributed by atoms with Crippen molar-refractivity contribution >= 4 is 5.97 Å². The molecule has 0 aromatic heterocycles. The fourth-order valence-electron chi connectivity index (χ4n) is 0.783. The van der Waals surface area contributed by atoms with E-state index in [1.165, 1.54) is 0 Å². The fourth-order valence-corrected chi connectivity index (χ4v) is 0.783. The number of hydrogen-bond acceptors (Lipinski definition) is 5. The van der Waals surface area contributed by atoms with E-state index < -0.39 is 11.4 Å². The first kappa shape index (κ1) is 9.99. The van der Waals surface area contributed by atoms with Crippen LogP contribution in [0.2, 0.25) is 0 Å². The zero-order valence-corrected chi connectivity index (χ0v) is 7.24. The van der Waals surface area contributed by atoms with Gasteiger partial charge in [0.1, 0.15) is 18.6 Å². The van der Waals surface area contributed by atoms with Crippen molar-refractivity contribution in [2.75, 3.05) is 19.8 Å². The highest BCUT2D eigenvalue weighted by Gasteiger charge is 2.39. The molecular formula is C8H10O5. The molecule has 0 unspecified atom stereocenters. The summed E-state index contributed by atoms with van der Waals surface area (Å²) in [6.45, 7) is 1.79. The van der Waals surface area contributed by atoms with Gasteiger partial charge in [0.15, 0.2) is 6.61 Å². The number of esters is 1. The molecule has 1 heterocycles. The van der Waals surface area contributed by atoms with Crippen molar-refractivity contribution in [1.29, 1.82) is 0 Å². The Hall–Kier alpha value is -1.09. The molecule has 1 fully saturated rings. The Morgan fingerprint density at radius 2 is 2.23 bits per heavy atom. The quantitative estimate of drug-likeness (QED) is 0.347. The molecule has 0 N–H and O–H groups in total. The maximum Gasteiger partial charge on any atom is 0.317 e. The summed E-state index contributed by atoms with van der Waals surface area (Å²) < 4.78 is 4.74. The number of hydrogen-bond donors (Lipinski definition) is 0. The maximum atomic E-state index is 11.3. The van der Waals surface area contributed by atoms with Crippen LogP contribution >= 0.6 is 0 Å². The minimum absolute atomic E-state index is 0.0463. The standard InChI is InChI=1S/C8H10O5/c1-3-4-10-7(9)8(2)5-11-13-12-6-8/h1H,4-6H2,2H3. The van der Waals surface area contributed by atoms with Crippen LogP contribution in [-0.4, -0.2) is 25.8 Å². The van der Waals surface area contributed by atoms with Crippen molar-refractivity contribution in [3.63, 3.8) is 0 Å². The molecule has 1 aliphatic heterocycles. The first-order valence-electron chi connectivity index (χ1n) is 3.71. The summed E-state index contributed by atoms with van der Waals surface area (Å²) >= 11 is 0. The Morgan fingerprint density at radius 3 is 2.77 bits per heavy atom. The van der Waals surface area contributed by atoms with Crippen LogP contribution in [0.15, 0.2) is 0 Å². The van der Waals surface area contributed by atoms with Gasteiger partial charge in [-0.3, -0.25) is 4.79 Å². The van der Waals surface area contributed by atoms with Crippen LogP contribution in [0.1, 0.15) is 6.92 Å². The van der Waals surface area contributed by atoms with Crippen LogP contribution in [0.4, 0.5) is 0 Å². The van der Waals surface area contributed by atoms with Crippen LogP contribution in [0, 0.1) is 17.8 Å². The second-order valence-corrected chi connectivity index (χ2v) is 2.93. The van der Waals surface area contributed by atoms with Crippen molar-refractivity contribution in [2.24, 2.45) is 5.41 Å². The van der Waals surface area contributed by atoms with Crippen molar-refractivity contribution in [2.45, 2.75) is 6.92 Å². The number of terminal acetylenes is 1. The van der Waals surface area contributed by atoms with E-state index in [9.17, 15) is 4.79 Å². The van der Waals surface area contributed by atoms with Gasteiger partial charge in [0.2, 0.25) is 0 Å². The predicted octanol–water partition coefficient (Wildman–Crippen LogP) is 0.0625. The van der Waals surface area contributed by atoms with Crippen molar-refractivity contribution in [3.8, 4) is 12.3 Å². The Balaban J connectivity index is 2.47. The average Bonchev–Trinajstić information content (AvgIpc) is 2.15. The van der Waals surface area contributed by atoms with E-state index in [-0.39, 0.29) is 19.8 Å². The van der Waals surface area contributed by atoms with Gasteiger partial charge in [-0.1, -0.05) is 11.0 Å². The zero-order valence-electron chi connectivity index (χ0n) is 7.24. The summed E-state index contributed by atoms with van der Waals surface area (Å²) in [6.07, 6.45) is 4.94. The molecular weight excluding hydrogens is 176 g/mol. The van der Waals surface area contributed by atoms with E-state index in [0.717, 1.165) is 0 Å². The number of carbonyl (C=O) groups excluding carboxylic acids is 1. The van der Waals surface area contributed by atoms with Gasteiger partial charge in [-0.05, 0) is 6.92 Å². The monoisotopic (exact) mass is 186 g/mol. The van der Waals surface area contributed by atoms with Gasteiger partial charge in [0, 0.05) is 0 Å². The Kier molecular flexibility index (Phi) is 3.25. The molecule has 0 aromatic rings. The number of carbonyl (C=O) groups is 1. The lowest BCUT2D eigenvalue weighted by molar-refractivity contribution is -0.546. The largest absolute Gasteiger partial charge is 0.452 e. The maximum absolute atomic E-state index is 11.3. The molecule has 13 heavy (non-hydrogen) atoms. The molecule has 0 saturated carbocycles. The summed E-state index contributed by atoms with van der Waals surface area (Å²) in [7, 11) is 0. The normalized spacial score (nSPS) is 20.3. The molecule has 1 rings (SSSR count). The summed E-state index contributed by atoms with van der Waals surface area (Å²) in [5.74, 6) is 1.75. The molecule has 1 saturated heterocycles. The van der Waals surface area contributed by atoms with Gasteiger partial charge in [0.25, 0.3) is 0 Å². The highest BCUT2D eigenvalue weighted by atomic mass is 17.5. The van der Waals surface area contributed by atoms with Gasteiger partial charge in [-0.15, -0.1) is 6.42 Å². The lowest BCUT2D eigenvalue weighted by Gasteiger charge is -2.27. The minimum Gasteiger partial charge on any atom is -0.452 e. The van der Waals surface area contributed by atoms with Crippen LogP contribution in [0.5, 0.6) is 0 Å². The molecule has 0 spiro atoms. The fraction of sp³-hybridized carbons (Fsp3) is 0.625. The van der Waals surface area contributed by atoms with Crippen LogP contribution in [-0.2, 0) is 24.3 Å². The lowest BCUT2D eigenvalue weighted by Crippen LogP contribution is -2.42. The number of ether oxygens (including phenoxy) is 1. The topological polar surface area (TPSA) is 54.0 Å². The van der Waals surface area contributed by atoms with Gasteiger partial charge in [-0.25, -0.2) is 9.78 Å². The molecule has 5 heteroatoms. The molecule has 0 aromatic carbocycles. The summed E-state index contributed by atoms with van der Waals surface area (Å²) in [5.41, 5.74) is -0.838. The average molecular weight is 186 g/mol. The molecule has 0 aliphatic carbocycles. The van der Waals surface area contributed by atoms with E-state index in [4.69, 9.17) is 11.2 Å². The second kappa shape index (κ2) is 4.23. The van der Waals surface area contributed by atoms with Crippen molar-refractivity contribution in [3.05, 3.63) is 0 Å². The summed E-state index contributed by atoms with van der Waals surface area (Å²) in [5, 5.41) is 4.17. The molecule has 0 atom stereocenters. The second-order valence-electron chi connectivity index (χ2n) is 2.93. The van der Waals surface area contributed by atoms with Crippen LogP contribution in [0.3, 0.4) is 0 Å². The molecule has 5 nitrogen and oxygen atoms in total. The SMILES string of the molecule is C#CCOC(=O)C1(C)COOOC1. The third-order valence-corrected chi connectivity index (χ3v) is 1.63. The summed E-state index contributed by atoms with van der Waals surface area (Å²) in [4.78, 5) is 20.4. The summed E-state index contributed by atoms with van der Waals surface area (Å²) in [6, 6.07) is 0. The third kappa shape index (κ3) is 2.42. The molecule has 0 radical (unpaired) electrons. The van der Waals surface area contributed by atoms with Gasteiger partial charge < -0.3 is 4.74 Å². The van der Waals surface area contributed by atoms with Crippen molar-refractivity contribution < 1.29 is 24.3 Å². The van der Waals surface area contributed by atoms with E-state index in [0.29, 0.717) is 0 Å². The van der Waals surface area contributed by atoms with Crippen molar-refractivity contribution in [1.82, 2.24) is 0 Å². The molecule has 1 aliphatic rings. The van der Waals surface area contributed by atoms with E-state index in [1.807, 2.05) is 0 Å². The highest BCUT2D eigenvalue weighted by molar-refractivity contribution is 5.76. The minimum atomic E-state index is -0.838. The van der Waals surface area contributed by atoms with Crippen LogP contribution < -0.4 is 0 Å². The smallest absolute Gasteiger partial charge is 0.317 e. The Morgan fingerprint density at radius 1 is 1.62 bits per heavy atom. The molecule has 72 valence electrons. The lowest BCUT2D eigenvalue weighted by atomic mass is 9.93. The first-order valence-corrected chi connectivity index (χ1v) is 3.71. The Bertz CT molecular complexity index is 223. The molecule has 0 bridgehead atoms. The van der Waals surface area contributed by atoms with E-state index >= 15 is 0 Å². The van der Waals surface area contributed by atoms with Gasteiger partial charge >= 0.3 is 5.97 Å². The number of rotatable bonds is 2. The highest BCUT2D eigenvalue weighted by Crippen LogP contribution is 2.23. The third-order valence-electron chi connectivity index (χ3n) is 1.63. The first-order chi connectivity index (χ1) is 6.19. The Labute approximate surface area is 75.8 Å². The zero-order chi connectivity index (χ0) is 9.73.